The number of carbonyl (C=O) groups excluding carboxylic acids is 2. The van der Waals surface area contributed by atoms with Gasteiger partial charge in [-0.25, -0.2) is 0 Å². The Labute approximate surface area is 176 Å². The Hall–Kier alpha value is -3.22. The molecule has 1 aliphatic rings. The number of aryl methyl sites for hydroxylation is 2. The molecule has 30 heavy (non-hydrogen) atoms. The van der Waals surface area contributed by atoms with Crippen LogP contribution < -0.4 is 19.1 Å². The van der Waals surface area contributed by atoms with Crippen molar-refractivity contribution in [3.05, 3.63) is 47.5 Å². The summed E-state index contributed by atoms with van der Waals surface area (Å²) >= 11 is 0. The fourth-order valence-electron chi connectivity index (χ4n) is 3.53. The summed E-state index contributed by atoms with van der Waals surface area (Å²) in [6.07, 6.45) is 2.41. The number of hydrogen-bond donors (Lipinski definition) is 0. The highest BCUT2D eigenvalue weighted by molar-refractivity contribution is 5.96. The van der Waals surface area contributed by atoms with E-state index in [1.54, 1.807) is 32.3 Å². The Balaban J connectivity index is 1.52. The summed E-state index contributed by atoms with van der Waals surface area (Å²) in [4.78, 5) is 26.5. The maximum Gasteiger partial charge on any atom is 0.306 e. The predicted molar refractivity (Wildman–Crippen MR) is 112 cm³/mol. The molecule has 1 aliphatic heterocycles. The summed E-state index contributed by atoms with van der Waals surface area (Å²) in [7, 11) is 4.76. The smallest absolute Gasteiger partial charge is 0.306 e. The van der Waals surface area contributed by atoms with E-state index in [0.29, 0.717) is 24.5 Å². The molecule has 0 N–H and O–H groups in total. The van der Waals surface area contributed by atoms with Gasteiger partial charge in [0.25, 0.3) is 5.91 Å². The SMILES string of the molecule is COc1ccc2c(c1)CCCN2C(=O)COC(=O)CCc1ccc(OC)c(OC)c1. The van der Waals surface area contributed by atoms with E-state index in [1.165, 1.54) is 0 Å². The van der Waals surface area contributed by atoms with Crippen LogP contribution in [0.2, 0.25) is 0 Å². The van der Waals surface area contributed by atoms with Gasteiger partial charge in [-0.15, -0.1) is 0 Å². The number of esters is 1. The molecule has 1 amide bonds. The Morgan fingerprint density at radius 1 is 0.967 bits per heavy atom. The van der Waals surface area contributed by atoms with E-state index >= 15 is 0 Å². The van der Waals surface area contributed by atoms with Gasteiger partial charge in [0.2, 0.25) is 0 Å². The number of carbonyl (C=O) groups is 2. The fourth-order valence-corrected chi connectivity index (χ4v) is 3.53. The quantitative estimate of drug-likeness (QED) is 0.619. The van der Waals surface area contributed by atoms with Crippen molar-refractivity contribution in [2.24, 2.45) is 0 Å². The average Bonchev–Trinajstić information content (AvgIpc) is 2.79. The van der Waals surface area contributed by atoms with Crippen LogP contribution in [0.1, 0.15) is 24.0 Å². The van der Waals surface area contributed by atoms with Crippen LogP contribution in [0, 0.1) is 0 Å². The molecule has 2 aromatic carbocycles. The summed E-state index contributed by atoms with van der Waals surface area (Å²) in [5.74, 6) is 1.38. The number of ether oxygens (including phenoxy) is 4. The lowest BCUT2D eigenvalue weighted by molar-refractivity contribution is -0.147. The third kappa shape index (κ3) is 5.03. The molecule has 0 fully saturated rings. The number of nitrogens with zero attached hydrogens (tertiary/aromatic N) is 1. The molecule has 0 bridgehead atoms. The van der Waals surface area contributed by atoms with Gasteiger partial charge >= 0.3 is 5.97 Å². The van der Waals surface area contributed by atoms with Gasteiger partial charge in [-0.05, 0) is 60.7 Å². The molecule has 7 heteroatoms. The minimum absolute atomic E-state index is 0.177. The lowest BCUT2D eigenvalue weighted by Crippen LogP contribution is -2.38. The standard InChI is InChI=1S/C23H27NO6/c1-27-18-8-9-19-17(14-18)5-4-12-24(19)22(25)15-30-23(26)11-7-16-6-10-20(28-2)21(13-16)29-3/h6,8-10,13-14H,4-5,7,11-12,15H2,1-3H3. The van der Waals surface area contributed by atoms with E-state index in [0.717, 1.165) is 35.4 Å². The number of rotatable bonds is 8. The first-order valence-corrected chi connectivity index (χ1v) is 9.89. The van der Waals surface area contributed by atoms with Gasteiger partial charge in [-0.3, -0.25) is 9.59 Å². The molecule has 7 nitrogen and oxygen atoms in total. The van der Waals surface area contributed by atoms with Crippen LogP contribution >= 0.6 is 0 Å². The zero-order chi connectivity index (χ0) is 21.5. The normalized spacial score (nSPS) is 12.7. The molecule has 1 heterocycles. The highest BCUT2D eigenvalue weighted by Gasteiger charge is 2.23. The van der Waals surface area contributed by atoms with Crippen LogP contribution in [0.25, 0.3) is 0 Å². The first kappa shape index (κ1) is 21.5. The molecule has 0 saturated carbocycles. The fraction of sp³-hybridized carbons (Fsp3) is 0.391. The second kappa shape index (κ2) is 10.0. The Morgan fingerprint density at radius 2 is 1.77 bits per heavy atom. The van der Waals surface area contributed by atoms with Crippen LogP contribution in [0.3, 0.4) is 0 Å². The lowest BCUT2D eigenvalue weighted by atomic mass is 10.0. The summed E-state index contributed by atoms with van der Waals surface area (Å²) in [5.41, 5.74) is 2.84. The van der Waals surface area contributed by atoms with Crippen LogP contribution in [0.15, 0.2) is 36.4 Å². The molecule has 2 aromatic rings. The maximum absolute atomic E-state index is 12.6. The Morgan fingerprint density at radius 3 is 2.50 bits per heavy atom. The Bertz CT molecular complexity index is 911. The summed E-state index contributed by atoms with van der Waals surface area (Å²) in [6.45, 7) is 0.345. The largest absolute Gasteiger partial charge is 0.497 e. The number of fused-ring (bicyclic) bond motifs is 1. The summed E-state index contributed by atoms with van der Waals surface area (Å²) < 4.78 is 21.0. The number of benzene rings is 2. The van der Waals surface area contributed by atoms with E-state index < -0.39 is 5.97 Å². The molecular weight excluding hydrogens is 386 g/mol. The van der Waals surface area contributed by atoms with Crippen molar-refractivity contribution >= 4 is 17.6 Å². The number of hydrogen-bond acceptors (Lipinski definition) is 6. The summed E-state index contributed by atoms with van der Waals surface area (Å²) in [6, 6.07) is 11.2. The third-order valence-electron chi connectivity index (χ3n) is 5.13. The summed E-state index contributed by atoms with van der Waals surface area (Å²) in [5, 5.41) is 0. The van der Waals surface area contributed by atoms with Crippen molar-refractivity contribution in [3.8, 4) is 17.2 Å². The lowest BCUT2D eigenvalue weighted by Gasteiger charge is -2.29. The second-order valence-electron chi connectivity index (χ2n) is 6.99. The Kier molecular flexibility index (Phi) is 7.17. The molecule has 0 aliphatic carbocycles. The second-order valence-corrected chi connectivity index (χ2v) is 6.99. The van der Waals surface area contributed by atoms with E-state index in [-0.39, 0.29) is 18.9 Å². The molecule has 0 aromatic heterocycles. The van der Waals surface area contributed by atoms with Gasteiger partial charge in [0, 0.05) is 18.7 Å². The maximum atomic E-state index is 12.6. The first-order valence-electron chi connectivity index (χ1n) is 9.89. The van der Waals surface area contributed by atoms with Gasteiger partial charge in [0.15, 0.2) is 18.1 Å². The van der Waals surface area contributed by atoms with E-state index in [2.05, 4.69) is 0 Å². The highest BCUT2D eigenvalue weighted by Crippen LogP contribution is 2.31. The molecule has 0 unspecified atom stereocenters. The number of anilines is 1. The third-order valence-corrected chi connectivity index (χ3v) is 5.13. The molecule has 160 valence electrons. The van der Waals surface area contributed by atoms with Gasteiger partial charge < -0.3 is 23.8 Å². The van der Waals surface area contributed by atoms with Crippen LogP contribution in [-0.4, -0.2) is 46.4 Å². The molecule has 0 saturated heterocycles. The van der Waals surface area contributed by atoms with Crippen molar-refractivity contribution in [1.82, 2.24) is 0 Å². The van der Waals surface area contributed by atoms with Gasteiger partial charge in [-0.2, -0.15) is 0 Å². The average molecular weight is 413 g/mol. The molecule has 0 radical (unpaired) electrons. The van der Waals surface area contributed by atoms with Crippen molar-refractivity contribution in [3.63, 3.8) is 0 Å². The number of methoxy groups -OCH3 is 3. The van der Waals surface area contributed by atoms with Gasteiger partial charge in [-0.1, -0.05) is 6.07 Å². The van der Waals surface area contributed by atoms with Crippen molar-refractivity contribution in [1.29, 1.82) is 0 Å². The zero-order valence-electron chi connectivity index (χ0n) is 17.6. The molecule has 3 rings (SSSR count). The van der Waals surface area contributed by atoms with Crippen molar-refractivity contribution in [2.45, 2.75) is 25.7 Å². The number of amides is 1. The molecule has 0 atom stereocenters. The van der Waals surface area contributed by atoms with Crippen LogP contribution in [0.4, 0.5) is 5.69 Å². The van der Waals surface area contributed by atoms with E-state index in [9.17, 15) is 9.59 Å². The van der Waals surface area contributed by atoms with Gasteiger partial charge in [0.05, 0.1) is 21.3 Å². The minimum atomic E-state index is -0.412. The van der Waals surface area contributed by atoms with Crippen LogP contribution in [-0.2, 0) is 27.2 Å². The minimum Gasteiger partial charge on any atom is -0.497 e. The predicted octanol–water partition coefficient (Wildman–Crippen LogP) is 3.17. The molecule has 0 spiro atoms. The zero-order valence-corrected chi connectivity index (χ0v) is 17.6. The van der Waals surface area contributed by atoms with Crippen molar-refractivity contribution < 1.29 is 28.5 Å². The topological polar surface area (TPSA) is 74.3 Å². The van der Waals surface area contributed by atoms with E-state index in [4.69, 9.17) is 18.9 Å². The monoisotopic (exact) mass is 413 g/mol. The molecular formula is C23H27NO6. The van der Waals surface area contributed by atoms with Crippen LogP contribution in [0.5, 0.6) is 17.2 Å². The van der Waals surface area contributed by atoms with E-state index in [1.807, 2.05) is 30.3 Å². The first-order chi connectivity index (χ1) is 14.5. The highest BCUT2D eigenvalue weighted by atomic mass is 16.5. The van der Waals surface area contributed by atoms with Crippen molar-refractivity contribution in [2.75, 3.05) is 39.4 Å². The van der Waals surface area contributed by atoms with Gasteiger partial charge in [0.1, 0.15) is 5.75 Å².